The summed E-state index contributed by atoms with van der Waals surface area (Å²) < 4.78 is 4.80. The van der Waals surface area contributed by atoms with Crippen molar-refractivity contribution in [2.75, 3.05) is 20.3 Å². The minimum absolute atomic E-state index is 0.0758. The van der Waals surface area contributed by atoms with Gasteiger partial charge in [0.1, 0.15) is 5.69 Å². The zero-order chi connectivity index (χ0) is 11.3. The highest BCUT2D eigenvalue weighted by atomic mass is 35.5. The molecule has 0 saturated heterocycles. The lowest BCUT2D eigenvalue weighted by molar-refractivity contribution is 0.0932. The number of halogens is 1. The maximum absolute atomic E-state index is 11.5. The smallest absolute Gasteiger partial charge is 0.270 e. The van der Waals surface area contributed by atoms with E-state index in [-0.39, 0.29) is 16.9 Å². The summed E-state index contributed by atoms with van der Waals surface area (Å²) in [4.78, 5) is 19.2. The van der Waals surface area contributed by atoms with Crippen molar-refractivity contribution in [2.45, 2.75) is 6.92 Å². The van der Waals surface area contributed by atoms with Gasteiger partial charge in [0.15, 0.2) is 0 Å². The van der Waals surface area contributed by atoms with Crippen LogP contribution >= 0.6 is 11.6 Å². The highest BCUT2D eigenvalue weighted by Gasteiger charge is 2.08. The molecule has 0 aliphatic carbocycles. The van der Waals surface area contributed by atoms with E-state index in [2.05, 4.69) is 15.3 Å². The maximum atomic E-state index is 11.5. The number of methoxy groups -OCH3 is 1. The molecule has 82 valence electrons. The van der Waals surface area contributed by atoms with E-state index in [1.54, 1.807) is 20.1 Å². The molecule has 0 aliphatic heterocycles. The molecular weight excluding hydrogens is 218 g/mol. The molecule has 6 heteroatoms. The number of ether oxygens (including phenoxy) is 1. The van der Waals surface area contributed by atoms with E-state index in [4.69, 9.17) is 16.3 Å². The summed E-state index contributed by atoms with van der Waals surface area (Å²) in [6.45, 7) is 2.65. The second-order valence-corrected chi connectivity index (χ2v) is 3.25. The molecule has 1 aromatic heterocycles. The number of carbonyl (C=O) groups is 1. The number of carbonyl (C=O) groups excluding carboxylic acids is 1. The zero-order valence-electron chi connectivity index (χ0n) is 8.58. The minimum atomic E-state index is -0.278. The summed E-state index contributed by atoms with van der Waals surface area (Å²) in [5, 5.41) is 2.72. The molecule has 1 aromatic rings. The van der Waals surface area contributed by atoms with Gasteiger partial charge in [-0.05, 0) is 24.6 Å². The number of hydrogen-bond acceptors (Lipinski definition) is 4. The lowest BCUT2D eigenvalue weighted by Crippen LogP contribution is -2.27. The molecule has 0 aliphatic rings. The summed E-state index contributed by atoms with van der Waals surface area (Å²) in [5.74, 6) is -0.278. The normalized spacial score (nSPS) is 10.1. The minimum Gasteiger partial charge on any atom is -0.383 e. The molecule has 0 radical (unpaired) electrons. The van der Waals surface area contributed by atoms with Crippen molar-refractivity contribution in [2.24, 2.45) is 0 Å². The monoisotopic (exact) mass is 229 g/mol. The molecule has 1 amide bonds. The van der Waals surface area contributed by atoms with Crippen molar-refractivity contribution in [1.29, 1.82) is 0 Å². The van der Waals surface area contributed by atoms with Crippen molar-refractivity contribution >= 4 is 17.5 Å². The second kappa shape index (κ2) is 5.63. The Hall–Kier alpha value is -1.20. The van der Waals surface area contributed by atoms with E-state index in [1.807, 2.05) is 0 Å². The van der Waals surface area contributed by atoms with Crippen molar-refractivity contribution in [1.82, 2.24) is 15.3 Å². The van der Waals surface area contributed by atoms with Crippen LogP contribution in [0.3, 0.4) is 0 Å². The molecule has 0 atom stereocenters. The van der Waals surface area contributed by atoms with Gasteiger partial charge in [-0.15, -0.1) is 0 Å². The van der Waals surface area contributed by atoms with Crippen LogP contribution in [0.5, 0.6) is 0 Å². The number of aromatic nitrogens is 2. The van der Waals surface area contributed by atoms with Gasteiger partial charge in [-0.1, -0.05) is 0 Å². The van der Waals surface area contributed by atoms with Gasteiger partial charge in [-0.2, -0.15) is 0 Å². The molecule has 0 bridgehead atoms. The summed E-state index contributed by atoms with van der Waals surface area (Å²) in [6, 6.07) is 1.58. The van der Waals surface area contributed by atoms with Crippen LogP contribution in [0.15, 0.2) is 6.07 Å². The quantitative estimate of drug-likeness (QED) is 0.613. The van der Waals surface area contributed by atoms with Gasteiger partial charge in [0.2, 0.25) is 5.28 Å². The van der Waals surface area contributed by atoms with Crippen molar-refractivity contribution in [3.8, 4) is 0 Å². The first kappa shape index (κ1) is 11.9. The number of aryl methyl sites for hydroxylation is 1. The van der Waals surface area contributed by atoms with E-state index in [0.29, 0.717) is 18.8 Å². The van der Waals surface area contributed by atoms with E-state index >= 15 is 0 Å². The van der Waals surface area contributed by atoms with Gasteiger partial charge < -0.3 is 10.1 Å². The average molecular weight is 230 g/mol. The van der Waals surface area contributed by atoms with Gasteiger partial charge in [0.05, 0.1) is 6.61 Å². The molecule has 0 spiro atoms. The van der Waals surface area contributed by atoms with Crippen molar-refractivity contribution in [3.05, 3.63) is 22.7 Å². The number of rotatable bonds is 4. The van der Waals surface area contributed by atoms with E-state index < -0.39 is 0 Å². The van der Waals surface area contributed by atoms with Crippen LogP contribution in [0.2, 0.25) is 5.28 Å². The molecule has 5 nitrogen and oxygen atoms in total. The Bertz CT molecular complexity index is 337. The predicted octanol–water partition coefficient (Wildman–Crippen LogP) is 0.815. The van der Waals surface area contributed by atoms with Crippen LogP contribution in [0.25, 0.3) is 0 Å². The van der Waals surface area contributed by atoms with Crippen LogP contribution in [-0.4, -0.2) is 36.1 Å². The van der Waals surface area contributed by atoms with Crippen LogP contribution in [0.1, 0.15) is 16.2 Å². The predicted molar refractivity (Wildman–Crippen MR) is 56.0 cm³/mol. The van der Waals surface area contributed by atoms with Gasteiger partial charge in [-0.3, -0.25) is 4.79 Å². The summed E-state index contributed by atoms with van der Waals surface area (Å²) in [6.07, 6.45) is 0. The second-order valence-electron chi connectivity index (χ2n) is 2.91. The molecule has 0 fully saturated rings. The third kappa shape index (κ3) is 3.81. The van der Waals surface area contributed by atoms with Gasteiger partial charge in [0, 0.05) is 19.3 Å². The zero-order valence-corrected chi connectivity index (χ0v) is 9.34. The van der Waals surface area contributed by atoms with E-state index in [1.165, 1.54) is 0 Å². The molecular formula is C9H12ClN3O2. The standard InChI is InChI=1S/C9H12ClN3O2/c1-6-5-7(13-9(10)12-6)8(14)11-3-4-15-2/h5H,3-4H2,1-2H3,(H,11,14). The Morgan fingerprint density at radius 3 is 2.93 bits per heavy atom. The molecule has 15 heavy (non-hydrogen) atoms. The maximum Gasteiger partial charge on any atom is 0.270 e. The number of nitrogens with zero attached hydrogens (tertiary/aromatic N) is 2. The van der Waals surface area contributed by atoms with Gasteiger partial charge >= 0.3 is 0 Å². The van der Waals surface area contributed by atoms with Crippen LogP contribution in [0, 0.1) is 6.92 Å². The van der Waals surface area contributed by atoms with Crippen LogP contribution < -0.4 is 5.32 Å². The van der Waals surface area contributed by atoms with Crippen LogP contribution in [-0.2, 0) is 4.74 Å². The van der Waals surface area contributed by atoms with Gasteiger partial charge in [-0.25, -0.2) is 9.97 Å². The fraction of sp³-hybridized carbons (Fsp3) is 0.444. The van der Waals surface area contributed by atoms with E-state index in [0.717, 1.165) is 0 Å². The highest BCUT2D eigenvalue weighted by Crippen LogP contribution is 2.04. The summed E-state index contributed by atoms with van der Waals surface area (Å²) >= 11 is 5.63. The molecule has 0 saturated carbocycles. The third-order valence-corrected chi connectivity index (χ3v) is 1.82. The first-order chi connectivity index (χ1) is 7.13. The lowest BCUT2D eigenvalue weighted by Gasteiger charge is -2.04. The Kier molecular flexibility index (Phi) is 4.45. The fourth-order valence-corrected chi connectivity index (χ4v) is 1.23. The van der Waals surface area contributed by atoms with Gasteiger partial charge in [0.25, 0.3) is 5.91 Å². The molecule has 0 aromatic carbocycles. The molecule has 1 rings (SSSR count). The highest BCUT2D eigenvalue weighted by molar-refractivity contribution is 6.28. The number of hydrogen-bond donors (Lipinski definition) is 1. The van der Waals surface area contributed by atoms with E-state index in [9.17, 15) is 4.79 Å². The van der Waals surface area contributed by atoms with Crippen LogP contribution in [0.4, 0.5) is 0 Å². The summed E-state index contributed by atoms with van der Waals surface area (Å²) in [7, 11) is 1.57. The Morgan fingerprint density at radius 2 is 2.33 bits per heavy atom. The fourth-order valence-electron chi connectivity index (χ4n) is 1.01. The van der Waals surface area contributed by atoms with Crippen molar-refractivity contribution < 1.29 is 9.53 Å². The number of amides is 1. The first-order valence-corrected chi connectivity index (χ1v) is 4.79. The largest absolute Gasteiger partial charge is 0.383 e. The first-order valence-electron chi connectivity index (χ1n) is 4.42. The Morgan fingerprint density at radius 1 is 1.60 bits per heavy atom. The average Bonchev–Trinajstić information content (AvgIpc) is 2.16. The molecule has 1 heterocycles. The number of nitrogens with one attached hydrogen (secondary N) is 1. The molecule has 0 unspecified atom stereocenters. The lowest BCUT2D eigenvalue weighted by atomic mass is 10.3. The Balaban J connectivity index is 2.65. The van der Waals surface area contributed by atoms with Crippen molar-refractivity contribution in [3.63, 3.8) is 0 Å². The third-order valence-electron chi connectivity index (χ3n) is 1.65. The summed E-state index contributed by atoms with van der Waals surface area (Å²) in [5.41, 5.74) is 0.926. The molecule has 1 N–H and O–H groups in total. The SMILES string of the molecule is COCCNC(=O)c1cc(C)nc(Cl)n1. The topological polar surface area (TPSA) is 64.1 Å². The Labute approximate surface area is 92.8 Å².